The van der Waals surface area contributed by atoms with E-state index in [1.807, 2.05) is 71.1 Å². The number of carbonyl (C=O) groups is 1. The van der Waals surface area contributed by atoms with Crippen LogP contribution in [0.1, 0.15) is 43.7 Å². The number of thiazole rings is 1. The second-order valence-electron chi connectivity index (χ2n) is 9.72. The molecule has 0 saturated heterocycles. The van der Waals surface area contributed by atoms with Crippen molar-refractivity contribution in [2.24, 2.45) is 0 Å². The fourth-order valence-corrected chi connectivity index (χ4v) is 5.55. The van der Waals surface area contributed by atoms with Crippen LogP contribution >= 0.6 is 22.9 Å². The van der Waals surface area contributed by atoms with Gasteiger partial charge in [-0.1, -0.05) is 28.9 Å². The number of fused-ring (bicyclic) bond motifs is 2. The van der Waals surface area contributed by atoms with Gasteiger partial charge in [-0.2, -0.15) is 0 Å². The average molecular weight is 521 g/mol. The Labute approximate surface area is 217 Å². The maximum absolute atomic E-state index is 12.5. The van der Waals surface area contributed by atoms with E-state index in [9.17, 15) is 9.90 Å². The lowest BCUT2D eigenvalue weighted by Crippen LogP contribution is -2.28. The summed E-state index contributed by atoms with van der Waals surface area (Å²) in [5.41, 5.74) is 5.89. The Morgan fingerprint density at radius 2 is 1.83 bits per heavy atom. The number of halogens is 1. The van der Waals surface area contributed by atoms with E-state index >= 15 is 0 Å². The summed E-state index contributed by atoms with van der Waals surface area (Å²) in [6.45, 7) is 9.38. The van der Waals surface area contributed by atoms with Crippen molar-refractivity contribution in [3.05, 3.63) is 70.5 Å². The smallest absolute Gasteiger partial charge is 0.337 e. The highest BCUT2D eigenvalue weighted by atomic mass is 35.5. The number of rotatable bonds is 5. The number of hydrogen-bond donors (Lipinski definition) is 1. The van der Waals surface area contributed by atoms with Gasteiger partial charge in [-0.05, 0) is 76.1 Å². The van der Waals surface area contributed by atoms with Gasteiger partial charge in [0.25, 0.3) is 0 Å². The number of benzene rings is 2. The number of nitrogens with zero attached hydrogens (tertiary/aromatic N) is 4. The molecule has 2 aromatic carbocycles. The zero-order valence-electron chi connectivity index (χ0n) is 20.5. The summed E-state index contributed by atoms with van der Waals surface area (Å²) in [5.74, 6) is -1.04. The summed E-state index contributed by atoms with van der Waals surface area (Å²) in [7, 11) is 0. The van der Waals surface area contributed by atoms with Gasteiger partial charge in [-0.3, -0.25) is 0 Å². The van der Waals surface area contributed by atoms with Crippen LogP contribution in [-0.4, -0.2) is 36.5 Å². The summed E-state index contributed by atoms with van der Waals surface area (Å²) in [5, 5.41) is 19.9. The van der Waals surface area contributed by atoms with Crippen LogP contribution in [0.3, 0.4) is 0 Å². The number of carboxylic acids is 1. The number of carboxylic acid groups (broad SMARTS) is 1. The van der Waals surface area contributed by atoms with Crippen LogP contribution in [0.2, 0.25) is 5.02 Å². The molecule has 3 heterocycles. The lowest BCUT2D eigenvalue weighted by atomic mass is 9.91. The first-order valence-electron chi connectivity index (χ1n) is 11.4. The topological polar surface area (TPSA) is 89.6 Å². The number of pyridine rings is 1. The van der Waals surface area contributed by atoms with E-state index in [0.29, 0.717) is 10.6 Å². The van der Waals surface area contributed by atoms with E-state index in [-0.39, 0.29) is 0 Å². The van der Waals surface area contributed by atoms with Crippen molar-refractivity contribution in [3.63, 3.8) is 0 Å². The largest absolute Gasteiger partial charge is 0.479 e. The third-order valence-corrected chi connectivity index (χ3v) is 7.25. The predicted octanol–water partition coefficient (Wildman–Crippen LogP) is 6.88. The summed E-state index contributed by atoms with van der Waals surface area (Å²) in [4.78, 5) is 17.4. The Morgan fingerprint density at radius 3 is 2.50 bits per heavy atom. The first-order chi connectivity index (χ1) is 17.0. The zero-order chi connectivity index (χ0) is 25.8. The van der Waals surface area contributed by atoms with Crippen LogP contribution in [0.15, 0.2) is 48.7 Å². The quantitative estimate of drug-likeness (QED) is 0.271. The predicted molar refractivity (Wildman–Crippen MR) is 143 cm³/mol. The minimum Gasteiger partial charge on any atom is -0.479 e. The Bertz CT molecular complexity index is 1620. The summed E-state index contributed by atoms with van der Waals surface area (Å²) in [6.07, 6.45) is 0.716. The van der Waals surface area contributed by atoms with Crippen molar-refractivity contribution in [2.45, 2.75) is 46.3 Å². The van der Waals surface area contributed by atoms with Crippen LogP contribution in [0.25, 0.3) is 37.4 Å². The van der Waals surface area contributed by atoms with Gasteiger partial charge >= 0.3 is 5.97 Å². The lowest BCUT2D eigenvalue weighted by Gasteiger charge is -2.28. The van der Waals surface area contributed by atoms with Crippen molar-refractivity contribution in [2.75, 3.05) is 0 Å². The summed E-state index contributed by atoms with van der Waals surface area (Å²) in [6, 6.07) is 13.3. The number of ether oxygens (including phenoxy) is 1. The molecule has 5 rings (SSSR count). The van der Waals surface area contributed by atoms with E-state index < -0.39 is 17.7 Å². The minimum absolute atomic E-state index is 0.605. The normalized spacial score (nSPS) is 12.9. The fourth-order valence-electron chi connectivity index (χ4n) is 4.30. The van der Waals surface area contributed by atoms with Crippen molar-refractivity contribution in [3.8, 4) is 21.7 Å². The molecule has 3 aromatic heterocycles. The SMILES string of the molecule is Cc1cc2nc(-c3ccn4nnc(C)c4c3)sc2c(-c2ccc(Cl)cc2)c1[C@H](OC(C)(C)C)C(=O)O. The van der Waals surface area contributed by atoms with Crippen LogP contribution in [-0.2, 0) is 9.53 Å². The number of aliphatic carboxylic acids is 1. The molecular weight excluding hydrogens is 496 g/mol. The van der Waals surface area contributed by atoms with Gasteiger partial charge < -0.3 is 9.84 Å². The van der Waals surface area contributed by atoms with Gasteiger partial charge in [-0.15, -0.1) is 16.4 Å². The van der Waals surface area contributed by atoms with E-state index in [4.69, 9.17) is 21.3 Å². The molecule has 0 amide bonds. The van der Waals surface area contributed by atoms with Gasteiger partial charge in [0.15, 0.2) is 6.10 Å². The Hall–Kier alpha value is -3.33. The summed E-state index contributed by atoms with van der Waals surface area (Å²) >= 11 is 7.70. The van der Waals surface area contributed by atoms with Gasteiger partial charge in [0, 0.05) is 27.9 Å². The fraction of sp³-hybridized carbons (Fsp3) is 0.259. The second kappa shape index (κ2) is 8.96. The molecule has 0 aliphatic rings. The third kappa shape index (κ3) is 4.48. The Balaban J connectivity index is 1.79. The molecule has 0 aliphatic heterocycles. The Morgan fingerprint density at radius 1 is 1.11 bits per heavy atom. The minimum atomic E-state index is -1.15. The molecule has 1 atom stereocenters. The van der Waals surface area contributed by atoms with Crippen molar-refractivity contribution in [1.82, 2.24) is 19.8 Å². The lowest BCUT2D eigenvalue weighted by molar-refractivity contribution is -0.160. The highest BCUT2D eigenvalue weighted by molar-refractivity contribution is 7.22. The second-order valence-corrected chi connectivity index (χ2v) is 11.2. The van der Waals surface area contributed by atoms with Crippen molar-refractivity contribution < 1.29 is 14.6 Å². The van der Waals surface area contributed by atoms with E-state index in [2.05, 4.69) is 10.3 Å². The molecule has 0 spiro atoms. The molecule has 7 nitrogen and oxygen atoms in total. The molecule has 184 valence electrons. The van der Waals surface area contributed by atoms with Crippen molar-refractivity contribution in [1.29, 1.82) is 0 Å². The Kier molecular flexibility index (Phi) is 6.06. The molecular formula is C27H25ClN4O3S. The molecule has 5 aromatic rings. The average Bonchev–Trinajstić information content (AvgIpc) is 3.40. The monoisotopic (exact) mass is 520 g/mol. The molecule has 0 radical (unpaired) electrons. The van der Waals surface area contributed by atoms with Crippen LogP contribution in [0.5, 0.6) is 0 Å². The van der Waals surface area contributed by atoms with E-state index in [1.165, 1.54) is 11.3 Å². The van der Waals surface area contributed by atoms with Gasteiger partial charge in [0.2, 0.25) is 0 Å². The maximum atomic E-state index is 12.5. The molecule has 0 fully saturated rings. The summed E-state index contributed by atoms with van der Waals surface area (Å²) < 4.78 is 8.71. The van der Waals surface area contributed by atoms with Crippen LogP contribution < -0.4 is 0 Å². The van der Waals surface area contributed by atoms with Gasteiger partial charge in [-0.25, -0.2) is 14.3 Å². The first-order valence-corrected chi connectivity index (χ1v) is 12.6. The number of hydrogen-bond acceptors (Lipinski definition) is 6. The van der Waals surface area contributed by atoms with Crippen molar-refractivity contribution >= 4 is 44.6 Å². The van der Waals surface area contributed by atoms with Crippen LogP contribution in [0.4, 0.5) is 0 Å². The molecule has 1 N–H and O–H groups in total. The van der Waals surface area contributed by atoms with E-state index in [0.717, 1.165) is 48.7 Å². The molecule has 0 aliphatic carbocycles. The molecule has 0 saturated carbocycles. The first kappa shape index (κ1) is 24.4. The van der Waals surface area contributed by atoms with E-state index in [1.54, 1.807) is 16.6 Å². The molecule has 0 bridgehead atoms. The number of aromatic nitrogens is 4. The molecule has 36 heavy (non-hydrogen) atoms. The maximum Gasteiger partial charge on any atom is 0.337 e. The standard InChI is InChI=1S/C27H25ClN4O3S/c1-14-12-19-24(36-25(29-19)17-10-11-32-20(13-17)15(2)30-31-32)22(16-6-8-18(28)9-7-16)21(14)23(26(33)34)35-27(3,4)5/h6-13,23H,1-5H3,(H,33,34)/t23-/m0/s1. The molecule has 9 heteroatoms. The zero-order valence-corrected chi connectivity index (χ0v) is 22.1. The molecule has 0 unspecified atom stereocenters. The van der Waals surface area contributed by atoms with Gasteiger partial charge in [0.05, 0.1) is 27.0 Å². The highest BCUT2D eigenvalue weighted by Crippen LogP contribution is 2.44. The van der Waals surface area contributed by atoms with Crippen LogP contribution in [0, 0.1) is 13.8 Å². The number of aryl methyl sites for hydroxylation is 2. The van der Waals surface area contributed by atoms with Gasteiger partial charge in [0.1, 0.15) is 5.01 Å². The third-order valence-electron chi connectivity index (χ3n) is 5.86. The highest BCUT2D eigenvalue weighted by Gasteiger charge is 2.32.